The number of rotatable bonds is 24. The minimum Gasteiger partial charge on any atom is -0.744 e. The van der Waals surface area contributed by atoms with E-state index in [0.29, 0.717) is 24.0 Å². The van der Waals surface area contributed by atoms with Crippen molar-refractivity contribution in [3.05, 3.63) is 59.7 Å². The minimum absolute atomic E-state index is 0. The monoisotopic (exact) mass is 788 g/mol. The molecule has 0 aromatic heterocycles. The third kappa shape index (κ3) is 22.9. The first kappa shape index (κ1) is 44.8. The zero-order valence-corrected chi connectivity index (χ0v) is 34.2. The standard InChI is InChI=1S/2C18H30O3S.Ba/c2*1-2-3-4-5-6-7-8-9-10-11-14-17-15-12-13-16-18(17)22(19,20)21;/h2*12-13,15-16H,2-11,14H2,1H3,(H,19,20,21);/q;;+2/p-2. The van der Waals surface area contributed by atoms with Crippen molar-refractivity contribution < 1.29 is 25.9 Å². The molecular weight excluding hydrogens is 730 g/mol. The van der Waals surface area contributed by atoms with Crippen molar-refractivity contribution in [2.75, 3.05) is 0 Å². The number of hydrogen-bond acceptors (Lipinski definition) is 6. The molecule has 0 atom stereocenters. The van der Waals surface area contributed by atoms with E-state index in [4.69, 9.17) is 0 Å². The molecule has 0 aliphatic heterocycles. The molecule has 0 fully saturated rings. The van der Waals surface area contributed by atoms with E-state index in [1.54, 1.807) is 36.4 Å². The zero-order valence-electron chi connectivity index (χ0n) is 28.1. The van der Waals surface area contributed by atoms with Gasteiger partial charge in [-0.1, -0.05) is 166 Å². The van der Waals surface area contributed by atoms with Crippen LogP contribution in [-0.2, 0) is 33.1 Å². The summed E-state index contributed by atoms with van der Waals surface area (Å²) in [6.07, 6.45) is 26.3. The summed E-state index contributed by atoms with van der Waals surface area (Å²) in [6.45, 7) is 4.46. The summed E-state index contributed by atoms with van der Waals surface area (Å²) in [7, 11) is -8.69. The van der Waals surface area contributed by atoms with E-state index in [1.807, 2.05) is 0 Å². The van der Waals surface area contributed by atoms with Gasteiger partial charge >= 0.3 is 48.9 Å². The third-order valence-corrected chi connectivity index (χ3v) is 9.96. The summed E-state index contributed by atoms with van der Waals surface area (Å²) >= 11 is 0. The van der Waals surface area contributed by atoms with E-state index in [1.165, 1.54) is 115 Å². The first-order valence-corrected chi connectivity index (χ1v) is 20.0. The van der Waals surface area contributed by atoms with Crippen molar-refractivity contribution in [2.45, 2.75) is 165 Å². The van der Waals surface area contributed by atoms with Crippen LogP contribution in [0.4, 0.5) is 0 Å². The van der Waals surface area contributed by atoms with E-state index in [9.17, 15) is 25.9 Å². The number of hydrogen-bond donors (Lipinski definition) is 0. The topological polar surface area (TPSA) is 114 Å². The molecule has 2 aromatic rings. The summed E-state index contributed by atoms with van der Waals surface area (Å²) in [6, 6.07) is 13.1. The zero-order chi connectivity index (χ0) is 32.5. The van der Waals surface area contributed by atoms with Gasteiger partial charge in [0, 0.05) is 0 Å². The Bertz CT molecular complexity index is 1120. The van der Waals surface area contributed by atoms with Crippen LogP contribution in [-0.4, -0.2) is 74.8 Å². The molecule has 0 aliphatic rings. The maximum absolute atomic E-state index is 11.2. The fourth-order valence-corrected chi connectivity index (χ4v) is 6.99. The van der Waals surface area contributed by atoms with Crippen molar-refractivity contribution in [1.29, 1.82) is 0 Å². The van der Waals surface area contributed by atoms with Gasteiger partial charge in [0.1, 0.15) is 20.2 Å². The van der Waals surface area contributed by atoms with Gasteiger partial charge in [0.05, 0.1) is 9.79 Å². The van der Waals surface area contributed by atoms with E-state index < -0.39 is 20.2 Å². The molecule has 0 saturated heterocycles. The largest absolute Gasteiger partial charge is 2.00 e. The summed E-state index contributed by atoms with van der Waals surface area (Å²) < 4.78 is 67.1. The second-order valence-corrected chi connectivity index (χ2v) is 14.7. The fourth-order valence-electron chi connectivity index (χ4n) is 5.51. The van der Waals surface area contributed by atoms with Crippen LogP contribution >= 0.6 is 0 Å². The Morgan fingerprint density at radius 1 is 0.422 bits per heavy atom. The summed E-state index contributed by atoms with van der Waals surface area (Å²) in [5, 5.41) is 0. The molecule has 0 heterocycles. The molecule has 2 aromatic carbocycles. The number of benzene rings is 2. The van der Waals surface area contributed by atoms with Gasteiger partial charge in [-0.25, -0.2) is 16.8 Å². The fraction of sp³-hybridized carbons (Fsp3) is 0.667. The average Bonchev–Trinajstić information content (AvgIpc) is 2.99. The van der Waals surface area contributed by atoms with Crippen molar-refractivity contribution >= 4 is 69.1 Å². The summed E-state index contributed by atoms with van der Waals surface area (Å²) in [5.74, 6) is 0. The molecule has 0 radical (unpaired) electrons. The molecule has 0 unspecified atom stereocenters. The van der Waals surface area contributed by atoms with Crippen LogP contribution in [0.2, 0.25) is 0 Å². The van der Waals surface area contributed by atoms with Crippen LogP contribution in [0.25, 0.3) is 0 Å². The molecule has 0 saturated carbocycles. The van der Waals surface area contributed by atoms with Crippen LogP contribution in [0.3, 0.4) is 0 Å². The van der Waals surface area contributed by atoms with Gasteiger partial charge in [-0.3, -0.25) is 0 Å². The van der Waals surface area contributed by atoms with Crippen molar-refractivity contribution in [1.82, 2.24) is 0 Å². The van der Waals surface area contributed by atoms with Gasteiger partial charge < -0.3 is 9.11 Å². The van der Waals surface area contributed by atoms with Crippen molar-refractivity contribution in [2.24, 2.45) is 0 Å². The smallest absolute Gasteiger partial charge is 0.744 e. The molecule has 6 nitrogen and oxygen atoms in total. The quantitative estimate of drug-likeness (QED) is 0.0595. The Kier molecular flexibility index (Phi) is 27.6. The van der Waals surface area contributed by atoms with E-state index in [2.05, 4.69) is 13.8 Å². The van der Waals surface area contributed by atoms with Crippen LogP contribution < -0.4 is 0 Å². The Labute approximate surface area is 316 Å². The summed E-state index contributed by atoms with van der Waals surface area (Å²) in [5.41, 5.74) is 1.33. The molecule has 2 rings (SSSR count). The molecule has 0 bridgehead atoms. The van der Waals surface area contributed by atoms with Gasteiger partial charge in [0.25, 0.3) is 0 Å². The predicted molar refractivity (Wildman–Crippen MR) is 186 cm³/mol. The molecule has 252 valence electrons. The SMILES string of the molecule is CCCCCCCCCCCCc1ccccc1S(=O)(=O)[O-].CCCCCCCCCCCCc1ccccc1S(=O)(=O)[O-].[Ba+2]. The maximum Gasteiger partial charge on any atom is 2.00 e. The van der Waals surface area contributed by atoms with Crippen LogP contribution in [0.5, 0.6) is 0 Å². The summed E-state index contributed by atoms with van der Waals surface area (Å²) in [4.78, 5) is -0.100. The maximum atomic E-state index is 11.2. The van der Waals surface area contributed by atoms with E-state index in [0.717, 1.165) is 25.7 Å². The average molecular weight is 788 g/mol. The van der Waals surface area contributed by atoms with Gasteiger partial charge in [0.2, 0.25) is 0 Å². The van der Waals surface area contributed by atoms with Gasteiger partial charge in [-0.05, 0) is 48.9 Å². The van der Waals surface area contributed by atoms with Crippen LogP contribution in [0, 0.1) is 0 Å². The Morgan fingerprint density at radius 2 is 0.667 bits per heavy atom. The van der Waals surface area contributed by atoms with Gasteiger partial charge in [-0.15, -0.1) is 0 Å². The number of unbranched alkanes of at least 4 members (excludes halogenated alkanes) is 18. The third-order valence-electron chi connectivity index (χ3n) is 8.08. The molecule has 0 aliphatic carbocycles. The molecular formula is C36H58BaO6S2. The predicted octanol–water partition coefficient (Wildman–Crippen LogP) is 9.73. The minimum atomic E-state index is -4.35. The van der Waals surface area contributed by atoms with Crippen molar-refractivity contribution in [3.8, 4) is 0 Å². The number of aryl methyl sites for hydroxylation is 2. The van der Waals surface area contributed by atoms with Gasteiger partial charge in [0.15, 0.2) is 0 Å². The van der Waals surface area contributed by atoms with Gasteiger partial charge in [-0.2, -0.15) is 0 Å². The Hall–Kier alpha value is -0.169. The van der Waals surface area contributed by atoms with E-state index in [-0.39, 0.29) is 58.7 Å². The first-order chi connectivity index (χ1) is 21.1. The molecule has 9 heteroatoms. The Morgan fingerprint density at radius 3 is 0.933 bits per heavy atom. The van der Waals surface area contributed by atoms with Crippen LogP contribution in [0.15, 0.2) is 58.3 Å². The molecule has 0 amide bonds. The molecule has 0 N–H and O–H groups in total. The Balaban J connectivity index is 0.000000842. The second kappa shape index (κ2) is 27.7. The normalized spacial score (nSPS) is 11.5. The molecule has 0 spiro atoms. The van der Waals surface area contributed by atoms with E-state index >= 15 is 0 Å². The second-order valence-electron chi connectivity index (χ2n) is 12.0. The first-order valence-electron chi connectivity index (χ1n) is 17.2. The molecule has 45 heavy (non-hydrogen) atoms. The van der Waals surface area contributed by atoms with Crippen molar-refractivity contribution in [3.63, 3.8) is 0 Å². The van der Waals surface area contributed by atoms with Crippen LogP contribution in [0.1, 0.15) is 153 Å².